The van der Waals surface area contributed by atoms with E-state index in [1.807, 2.05) is 31.2 Å². The third kappa shape index (κ3) is 4.05. The number of carbonyl (C=O) groups excluding carboxylic acids is 1. The molecular weight excluding hydrogens is 269 g/mol. The number of carbonyl (C=O) groups is 1. The molecule has 0 spiro atoms. The van der Waals surface area contributed by atoms with E-state index in [0.29, 0.717) is 24.3 Å². The fraction of sp³-hybridized carbons (Fsp3) is 0.235. The fourth-order valence-corrected chi connectivity index (χ4v) is 1.93. The lowest BCUT2D eigenvalue weighted by atomic mass is 10.1. The van der Waals surface area contributed by atoms with Gasteiger partial charge in [-0.2, -0.15) is 0 Å². The number of halogens is 1. The molecule has 0 fully saturated rings. The van der Waals surface area contributed by atoms with Crippen molar-refractivity contribution in [3.8, 4) is 5.75 Å². The van der Waals surface area contributed by atoms with Crippen LogP contribution < -0.4 is 10.1 Å². The summed E-state index contributed by atoms with van der Waals surface area (Å²) in [6.07, 6.45) is 0. The highest BCUT2D eigenvalue weighted by Gasteiger charge is 2.08. The van der Waals surface area contributed by atoms with E-state index in [-0.39, 0.29) is 11.7 Å². The molecule has 0 bridgehead atoms. The summed E-state index contributed by atoms with van der Waals surface area (Å²) in [5.41, 5.74) is 1.77. The van der Waals surface area contributed by atoms with Gasteiger partial charge in [0.2, 0.25) is 0 Å². The molecule has 2 aromatic rings. The smallest absolute Gasteiger partial charge is 0.251 e. The summed E-state index contributed by atoms with van der Waals surface area (Å²) in [4.78, 5) is 12.0. The van der Waals surface area contributed by atoms with Gasteiger partial charge in [0.05, 0.1) is 6.61 Å². The lowest BCUT2D eigenvalue weighted by molar-refractivity contribution is 0.0950. The number of amides is 1. The molecule has 0 aliphatic heterocycles. The molecule has 0 unspecified atom stereocenters. The van der Waals surface area contributed by atoms with Gasteiger partial charge >= 0.3 is 0 Å². The lowest BCUT2D eigenvalue weighted by Crippen LogP contribution is -2.22. The molecule has 0 radical (unpaired) electrons. The number of hydrogen-bond donors (Lipinski definition) is 1. The van der Waals surface area contributed by atoms with E-state index >= 15 is 0 Å². The van der Waals surface area contributed by atoms with Crippen LogP contribution in [0.15, 0.2) is 42.5 Å². The molecule has 0 aliphatic rings. The molecule has 0 aliphatic carbocycles. The van der Waals surface area contributed by atoms with Crippen LogP contribution in [0.25, 0.3) is 0 Å². The van der Waals surface area contributed by atoms with Crippen LogP contribution in [0.4, 0.5) is 4.39 Å². The second kappa shape index (κ2) is 6.88. The third-order valence-electron chi connectivity index (χ3n) is 3.10. The number of ether oxygens (including phenoxy) is 1. The Kier molecular flexibility index (Phi) is 4.93. The Labute approximate surface area is 123 Å². The first-order valence-corrected chi connectivity index (χ1v) is 6.86. The molecule has 0 aromatic heterocycles. The maximum Gasteiger partial charge on any atom is 0.251 e. The topological polar surface area (TPSA) is 38.3 Å². The Balaban J connectivity index is 2.00. The molecule has 2 aromatic carbocycles. The average molecular weight is 287 g/mol. The Hall–Kier alpha value is -2.36. The summed E-state index contributed by atoms with van der Waals surface area (Å²) < 4.78 is 18.8. The molecule has 1 N–H and O–H groups in total. The van der Waals surface area contributed by atoms with E-state index < -0.39 is 0 Å². The van der Waals surface area contributed by atoms with Gasteiger partial charge in [-0.1, -0.05) is 18.2 Å². The van der Waals surface area contributed by atoms with Gasteiger partial charge in [-0.05, 0) is 49.2 Å². The summed E-state index contributed by atoms with van der Waals surface area (Å²) >= 11 is 0. The molecule has 0 saturated carbocycles. The van der Waals surface area contributed by atoms with E-state index in [2.05, 4.69) is 5.32 Å². The molecule has 3 nitrogen and oxygen atoms in total. The minimum absolute atomic E-state index is 0.296. The number of hydrogen-bond acceptors (Lipinski definition) is 2. The molecule has 0 heterocycles. The zero-order valence-corrected chi connectivity index (χ0v) is 12.2. The Bertz CT molecular complexity index is 640. The van der Waals surface area contributed by atoms with Gasteiger partial charge in [0, 0.05) is 12.1 Å². The van der Waals surface area contributed by atoms with Crippen molar-refractivity contribution in [2.75, 3.05) is 6.61 Å². The normalized spacial score (nSPS) is 10.2. The molecular formula is C17H18FNO2. The van der Waals surface area contributed by atoms with Crippen molar-refractivity contribution in [3.63, 3.8) is 0 Å². The SMILES string of the molecule is CCOc1cccc(CNC(=O)c2ccc(C)c(F)c2)c1. The predicted octanol–water partition coefficient (Wildman–Crippen LogP) is 3.46. The summed E-state index contributed by atoms with van der Waals surface area (Å²) in [7, 11) is 0. The molecule has 1 amide bonds. The predicted molar refractivity (Wildman–Crippen MR) is 79.9 cm³/mol. The Morgan fingerprint density at radius 1 is 1.24 bits per heavy atom. The summed E-state index contributed by atoms with van der Waals surface area (Å²) in [6, 6.07) is 12.0. The molecule has 2 rings (SSSR count). The van der Waals surface area contributed by atoms with Crippen molar-refractivity contribution in [1.82, 2.24) is 5.32 Å². The Morgan fingerprint density at radius 3 is 2.76 bits per heavy atom. The van der Waals surface area contributed by atoms with Crippen molar-refractivity contribution in [1.29, 1.82) is 0 Å². The van der Waals surface area contributed by atoms with Gasteiger partial charge in [-0.25, -0.2) is 4.39 Å². The van der Waals surface area contributed by atoms with Crippen LogP contribution >= 0.6 is 0 Å². The van der Waals surface area contributed by atoms with Crippen LogP contribution in [-0.2, 0) is 6.54 Å². The molecule has 0 atom stereocenters. The second-order valence-electron chi connectivity index (χ2n) is 4.73. The quantitative estimate of drug-likeness (QED) is 0.914. The summed E-state index contributed by atoms with van der Waals surface area (Å²) in [5, 5.41) is 2.77. The molecule has 21 heavy (non-hydrogen) atoms. The van der Waals surface area contributed by atoms with Crippen LogP contribution in [0, 0.1) is 12.7 Å². The van der Waals surface area contributed by atoms with Crippen molar-refractivity contribution < 1.29 is 13.9 Å². The molecule has 110 valence electrons. The fourth-order valence-electron chi connectivity index (χ4n) is 1.93. The van der Waals surface area contributed by atoms with E-state index in [0.717, 1.165) is 11.3 Å². The molecule has 0 saturated heterocycles. The van der Waals surface area contributed by atoms with Crippen LogP contribution in [0.3, 0.4) is 0 Å². The zero-order chi connectivity index (χ0) is 15.2. The number of rotatable bonds is 5. The van der Waals surface area contributed by atoms with Crippen LogP contribution in [0.2, 0.25) is 0 Å². The number of aryl methyl sites for hydroxylation is 1. The maximum atomic E-state index is 13.4. The highest BCUT2D eigenvalue weighted by atomic mass is 19.1. The van der Waals surface area contributed by atoms with Crippen molar-refractivity contribution in [3.05, 3.63) is 65.0 Å². The van der Waals surface area contributed by atoms with E-state index in [1.165, 1.54) is 6.07 Å². The lowest BCUT2D eigenvalue weighted by Gasteiger charge is -2.08. The monoisotopic (exact) mass is 287 g/mol. The van der Waals surface area contributed by atoms with Gasteiger partial charge in [0.1, 0.15) is 11.6 Å². The zero-order valence-electron chi connectivity index (χ0n) is 12.2. The minimum atomic E-state index is -0.374. The average Bonchev–Trinajstić information content (AvgIpc) is 2.48. The highest BCUT2D eigenvalue weighted by Crippen LogP contribution is 2.13. The minimum Gasteiger partial charge on any atom is -0.494 e. The van der Waals surface area contributed by atoms with Crippen LogP contribution in [-0.4, -0.2) is 12.5 Å². The highest BCUT2D eigenvalue weighted by molar-refractivity contribution is 5.94. The largest absolute Gasteiger partial charge is 0.494 e. The van der Waals surface area contributed by atoms with Crippen molar-refractivity contribution >= 4 is 5.91 Å². The Morgan fingerprint density at radius 2 is 2.05 bits per heavy atom. The van der Waals surface area contributed by atoms with Gasteiger partial charge in [-0.15, -0.1) is 0 Å². The first kappa shape index (κ1) is 15.0. The third-order valence-corrected chi connectivity index (χ3v) is 3.10. The van der Waals surface area contributed by atoms with E-state index in [1.54, 1.807) is 19.1 Å². The second-order valence-corrected chi connectivity index (χ2v) is 4.73. The van der Waals surface area contributed by atoms with Crippen molar-refractivity contribution in [2.24, 2.45) is 0 Å². The first-order chi connectivity index (χ1) is 10.1. The number of benzene rings is 2. The van der Waals surface area contributed by atoms with Gasteiger partial charge in [-0.3, -0.25) is 4.79 Å². The van der Waals surface area contributed by atoms with Crippen molar-refractivity contribution in [2.45, 2.75) is 20.4 Å². The maximum absolute atomic E-state index is 13.4. The summed E-state index contributed by atoms with van der Waals surface area (Å²) in [6.45, 7) is 4.55. The van der Waals surface area contributed by atoms with Gasteiger partial charge in [0.15, 0.2) is 0 Å². The van der Waals surface area contributed by atoms with Gasteiger partial charge in [0.25, 0.3) is 5.91 Å². The summed E-state index contributed by atoms with van der Waals surface area (Å²) in [5.74, 6) is 0.0994. The van der Waals surface area contributed by atoms with E-state index in [9.17, 15) is 9.18 Å². The first-order valence-electron chi connectivity index (χ1n) is 6.86. The van der Waals surface area contributed by atoms with Gasteiger partial charge < -0.3 is 10.1 Å². The number of nitrogens with one attached hydrogen (secondary N) is 1. The van der Waals surface area contributed by atoms with Crippen LogP contribution in [0.5, 0.6) is 5.75 Å². The standard InChI is InChI=1S/C17H18FNO2/c1-3-21-15-6-4-5-13(9-15)11-19-17(20)14-8-7-12(2)16(18)10-14/h4-10H,3,11H2,1-2H3,(H,19,20). The molecule has 4 heteroatoms. The van der Waals surface area contributed by atoms with E-state index in [4.69, 9.17) is 4.74 Å². The van der Waals surface area contributed by atoms with Crippen LogP contribution in [0.1, 0.15) is 28.4 Å².